The first kappa shape index (κ1) is 17.5. The van der Waals surface area contributed by atoms with Gasteiger partial charge in [-0.05, 0) is 61.4 Å². The molecule has 0 N–H and O–H groups in total. The highest BCUT2D eigenvalue weighted by Gasteiger charge is 2.28. The van der Waals surface area contributed by atoms with Gasteiger partial charge in [0.15, 0.2) is 0 Å². The van der Waals surface area contributed by atoms with Crippen molar-refractivity contribution in [3.8, 4) is 11.5 Å². The first-order valence-electron chi connectivity index (χ1n) is 8.71. The summed E-state index contributed by atoms with van der Waals surface area (Å²) in [5.41, 5.74) is 3.52. The fraction of sp³-hybridized carbons (Fsp3) is 0.381. The molecule has 3 rings (SSSR count). The number of carbonyl (C=O) groups excluding carboxylic acids is 1. The van der Waals surface area contributed by atoms with E-state index in [1.807, 2.05) is 13.0 Å². The number of esters is 1. The first-order chi connectivity index (χ1) is 12.0. The van der Waals surface area contributed by atoms with Crippen LogP contribution in [0.2, 0.25) is 0 Å². The summed E-state index contributed by atoms with van der Waals surface area (Å²) in [4.78, 5) is 11.7. The summed E-state index contributed by atoms with van der Waals surface area (Å²) in [6.07, 6.45) is 2.59. The zero-order chi connectivity index (χ0) is 18.0. The highest BCUT2D eigenvalue weighted by molar-refractivity contribution is 5.72. The lowest BCUT2D eigenvalue weighted by molar-refractivity contribution is -0.134. The van der Waals surface area contributed by atoms with Crippen LogP contribution in [0.4, 0.5) is 4.39 Å². The van der Waals surface area contributed by atoms with E-state index >= 15 is 0 Å². The number of hydrogen-bond donors (Lipinski definition) is 0. The predicted octanol–water partition coefficient (Wildman–Crippen LogP) is 5.21. The molecule has 25 heavy (non-hydrogen) atoms. The summed E-state index contributed by atoms with van der Waals surface area (Å²) < 4.78 is 25.2. The Labute approximate surface area is 147 Å². The molecule has 2 aromatic carbocycles. The molecule has 1 fully saturated rings. The molecule has 4 heteroatoms. The van der Waals surface area contributed by atoms with E-state index in [2.05, 4.69) is 6.07 Å². The molecule has 0 unspecified atom stereocenters. The molecule has 1 saturated carbocycles. The Bertz CT molecular complexity index is 794. The van der Waals surface area contributed by atoms with Gasteiger partial charge in [0.05, 0.1) is 0 Å². The third kappa shape index (κ3) is 4.01. The van der Waals surface area contributed by atoms with Gasteiger partial charge in [-0.15, -0.1) is 0 Å². The van der Waals surface area contributed by atoms with Crippen LogP contribution in [0, 0.1) is 19.7 Å². The Morgan fingerprint density at radius 3 is 2.60 bits per heavy atom. The van der Waals surface area contributed by atoms with Crippen LogP contribution in [0.3, 0.4) is 0 Å². The molecule has 1 aliphatic rings. The molecule has 1 aliphatic carbocycles. The van der Waals surface area contributed by atoms with Crippen LogP contribution in [-0.2, 0) is 11.4 Å². The third-order valence-electron chi connectivity index (χ3n) is 4.53. The van der Waals surface area contributed by atoms with E-state index in [1.54, 1.807) is 26.0 Å². The van der Waals surface area contributed by atoms with Gasteiger partial charge in [-0.3, -0.25) is 4.79 Å². The normalized spacial score (nSPS) is 13.6. The minimum absolute atomic E-state index is 0.252. The zero-order valence-electron chi connectivity index (χ0n) is 14.9. The molecule has 0 saturated heterocycles. The number of carbonyl (C=O) groups is 1. The van der Waals surface area contributed by atoms with Crippen LogP contribution < -0.4 is 9.47 Å². The maximum absolute atomic E-state index is 13.9. The van der Waals surface area contributed by atoms with Gasteiger partial charge in [0.2, 0.25) is 0 Å². The molecule has 0 radical (unpaired) electrons. The zero-order valence-corrected chi connectivity index (χ0v) is 14.9. The summed E-state index contributed by atoms with van der Waals surface area (Å²) in [6.45, 7) is 5.65. The Balaban J connectivity index is 1.88. The lowest BCUT2D eigenvalue weighted by Crippen LogP contribution is -2.10. The second kappa shape index (κ2) is 7.26. The van der Waals surface area contributed by atoms with Crippen molar-refractivity contribution >= 4 is 5.97 Å². The number of benzene rings is 2. The van der Waals surface area contributed by atoms with Crippen LogP contribution in [-0.4, -0.2) is 5.97 Å². The van der Waals surface area contributed by atoms with Gasteiger partial charge in [0.25, 0.3) is 0 Å². The molecule has 0 heterocycles. The summed E-state index contributed by atoms with van der Waals surface area (Å²) >= 11 is 0. The topological polar surface area (TPSA) is 35.5 Å². The minimum atomic E-state index is -0.284. The maximum atomic E-state index is 13.9. The molecule has 3 nitrogen and oxygen atoms in total. The van der Waals surface area contributed by atoms with Crippen LogP contribution >= 0.6 is 0 Å². The van der Waals surface area contributed by atoms with Gasteiger partial charge in [-0.2, -0.15) is 0 Å². The quantitative estimate of drug-likeness (QED) is 0.534. The highest BCUT2D eigenvalue weighted by Crippen LogP contribution is 2.44. The average Bonchev–Trinajstić information content (AvgIpc) is 3.42. The fourth-order valence-electron chi connectivity index (χ4n) is 2.92. The van der Waals surface area contributed by atoms with Crippen molar-refractivity contribution < 1.29 is 18.7 Å². The summed E-state index contributed by atoms with van der Waals surface area (Å²) in [5, 5.41) is 0. The molecule has 0 atom stereocenters. The Morgan fingerprint density at radius 2 is 1.92 bits per heavy atom. The standard InChI is InChI=1S/C21H23FO3/c1-4-21(23)25-19-7-5-6-16(15-8-9-15)17(19)12-24-20-11-18(22)13(2)10-14(20)3/h5-7,10-11,15H,4,8-9,12H2,1-3H3. The van der Waals surface area contributed by atoms with E-state index in [1.165, 1.54) is 6.07 Å². The van der Waals surface area contributed by atoms with Crippen LogP contribution in [0.1, 0.15) is 54.4 Å². The molecule has 0 aromatic heterocycles. The molecule has 0 aliphatic heterocycles. The molecular formula is C21H23FO3. The van der Waals surface area contributed by atoms with Gasteiger partial charge in [-0.25, -0.2) is 4.39 Å². The number of halogens is 1. The average molecular weight is 342 g/mol. The van der Waals surface area contributed by atoms with Gasteiger partial charge >= 0.3 is 5.97 Å². The van der Waals surface area contributed by atoms with Crippen LogP contribution in [0.15, 0.2) is 30.3 Å². The summed E-state index contributed by atoms with van der Waals surface area (Å²) in [6, 6.07) is 8.95. The lowest BCUT2D eigenvalue weighted by atomic mass is 10.0. The molecule has 0 spiro atoms. The van der Waals surface area contributed by atoms with Gasteiger partial charge in [-0.1, -0.05) is 19.1 Å². The minimum Gasteiger partial charge on any atom is -0.488 e. The Morgan fingerprint density at radius 1 is 1.16 bits per heavy atom. The van der Waals surface area contributed by atoms with Crippen molar-refractivity contribution in [2.24, 2.45) is 0 Å². The van der Waals surface area contributed by atoms with Crippen LogP contribution in [0.25, 0.3) is 0 Å². The van der Waals surface area contributed by atoms with Crippen molar-refractivity contribution in [2.45, 2.75) is 52.6 Å². The summed E-state index contributed by atoms with van der Waals surface area (Å²) in [5.74, 6) is 0.998. The molecule has 0 bridgehead atoms. The number of hydrogen-bond acceptors (Lipinski definition) is 3. The van der Waals surface area contributed by atoms with E-state index in [4.69, 9.17) is 9.47 Å². The maximum Gasteiger partial charge on any atom is 0.310 e. The smallest absolute Gasteiger partial charge is 0.310 e. The first-order valence-corrected chi connectivity index (χ1v) is 8.71. The second-order valence-electron chi connectivity index (χ2n) is 6.58. The molecular weight excluding hydrogens is 319 g/mol. The lowest BCUT2D eigenvalue weighted by Gasteiger charge is -2.16. The van der Waals surface area contributed by atoms with Crippen LogP contribution in [0.5, 0.6) is 11.5 Å². The van der Waals surface area contributed by atoms with Gasteiger partial charge < -0.3 is 9.47 Å². The van der Waals surface area contributed by atoms with E-state index < -0.39 is 0 Å². The SMILES string of the molecule is CCC(=O)Oc1cccc(C2CC2)c1COc1cc(F)c(C)cc1C. The molecule has 132 valence electrons. The largest absolute Gasteiger partial charge is 0.488 e. The van der Waals surface area contributed by atoms with Crippen molar-refractivity contribution in [3.63, 3.8) is 0 Å². The highest BCUT2D eigenvalue weighted by atomic mass is 19.1. The number of rotatable bonds is 6. The van der Waals surface area contributed by atoms with Gasteiger partial charge in [0, 0.05) is 18.1 Å². The van der Waals surface area contributed by atoms with E-state index in [-0.39, 0.29) is 18.4 Å². The fourth-order valence-corrected chi connectivity index (χ4v) is 2.92. The van der Waals surface area contributed by atoms with Gasteiger partial charge in [0.1, 0.15) is 23.9 Å². The van der Waals surface area contributed by atoms with Crippen molar-refractivity contribution in [3.05, 3.63) is 58.4 Å². The third-order valence-corrected chi connectivity index (χ3v) is 4.53. The monoisotopic (exact) mass is 342 g/mol. The predicted molar refractivity (Wildman–Crippen MR) is 94.5 cm³/mol. The van der Waals surface area contributed by atoms with Crippen molar-refractivity contribution in [1.29, 1.82) is 0 Å². The Kier molecular flexibility index (Phi) is 5.07. The van der Waals surface area contributed by atoms with Crippen molar-refractivity contribution in [2.75, 3.05) is 0 Å². The van der Waals surface area contributed by atoms with Crippen molar-refractivity contribution in [1.82, 2.24) is 0 Å². The second-order valence-corrected chi connectivity index (χ2v) is 6.58. The Hall–Kier alpha value is -2.36. The van der Waals surface area contributed by atoms with E-state index in [0.29, 0.717) is 29.4 Å². The number of ether oxygens (including phenoxy) is 2. The summed E-state index contributed by atoms with van der Waals surface area (Å²) in [7, 11) is 0. The van der Waals surface area contributed by atoms with E-state index in [9.17, 15) is 9.18 Å². The molecule has 2 aromatic rings. The van der Waals surface area contributed by atoms with E-state index in [0.717, 1.165) is 29.5 Å². The molecule has 0 amide bonds. The number of aryl methyl sites for hydroxylation is 2.